The molecule has 5 rings (SSSR count). The summed E-state index contributed by atoms with van der Waals surface area (Å²) >= 11 is 4.04. The summed E-state index contributed by atoms with van der Waals surface area (Å²) in [6, 6.07) is 0. The van der Waals surface area contributed by atoms with Crippen LogP contribution in [0.2, 0.25) is 0 Å². The Bertz CT molecular complexity index is 735. The molecular weight excluding hydrogens is 406 g/mol. The first-order valence-electron chi connectivity index (χ1n) is 10.2. The maximum atomic E-state index is 13.0. The number of carbonyl (C=O) groups excluding carboxylic acids is 1. The Hall–Kier alpha value is -0.910. The fourth-order valence-electron chi connectivity index (χ4n) is 6.11. The van der Waals surface area contributed by atoms with Gasteiger partial charge in [0.2, 0.25) is 11.8 Å². The van der Waals surface area contributed by atoms with Crippen LogP contribution in [0.3, 0.4) is 0 Å². The van der Waals surface area contributed by atoms with Crippen molar-refractivity contribution < 1.29 is 9.32 Å². The van der Waals surface area contributed by atoms with E-state index in [1.807, 2.05) is 34.6 Å². The molecule has 2 unspecified atom stereocenters. The molecule has 1 N–H and O–H groups in total. The lowest BCUT2D eigenvalue weighted by molar-refractivity contribution is -0.130. The molecule has 0 saturated heterocycles. The molecule has 4 aliphatic carbocycles. The summed E-state index contributed by atoms with van der Waals surface area (Å²) in [6.07, 6.45) is 8.11. The van der Waals surface area contributed by atoms with Gasteiger partial charge in [-0.1, -0.05) is 41.9 Å². The summed E-state index contributed by atoms with van der Waals surface area (Å²) in [7, 11) is 0. The Morgan fingerprint density at radius 1 is 1.19 bits per heavy atom. The molecule has 150 valence electrons. The number of alkyl halides is 1. The van der Waals surface area contributed by atoms with Crippen LogP contribution in [0, 0.1) is 17.3 Å². The molecule has 5 nitrogen and oxygen atoms in total. The number of rotatable bonds is 4. The van der Waals surface area contributed by atoms with Crippen molar-refractivity contribution in [3.8, 4) is 0 Å². The van der Waals surface area contributed by atoms with Crippen LogP contribution < -0.4 is 5.32 Å². The number of hydrogen-bond donors (Lipinski definition) is 1. The largest absolute Gasteiger partial charge is 0.344 e. The van der Waals surface area contributed by atoms with E-state index in [9.17, 15) is 4.79 Å². The van der Waals surface area contributed by atoms with E-state index in [-0.39, 0.29) is 21.1 Å². The zero-order valence-electron chi connectivity index (χ0n) is 17.2. The Morgan fingerprint density at radius 3 is 2.33 bits per heavy atom. The van der Waals surface area contributed by atoms with Crippen LogP contribution in [0.4, 0.5) is 0 Å². The second-order valence-corrected chi connectivity index (χ2v) is 12.8. The maximum Gasteiger partial charge on any atom is 0.232 e. The number of aromatic nitrogens is 2. The zero-order chi connectivity index (χ0) is 19.7. The summed E-state index contributed by atoms with van der Waals surface area (Å²) in [4.78, 5) is 17.6. The molecule has 0 spiro atoms. The van der Waals surface area contributed by atoms with Crippen LogP contribution in [0.5, 0.6) is 0 Å². The van der Waals surface area contributed by atoms with E-state index >= 15 is 0 Å². The third-order valence-corrected chi connectivity index (χ3v) is 7.65. The highest BCUT2D eigenvalue weighted by Gasteiger charge is 2.57. The van der Waals surface area contributed by atoms with E-state index in [1.165, 1.54) is 32.1 Å². The van der Waals surface area contributed by atoms with Crippen molar-refractivity contribution in [3.05, 3.63) is 11.7 Å². The average molecular weight is 438 g/mol. The molecule has 6 heteroatoms. The minimum atomic E-state index is -0.640. The SMILES string of the molecule is CC(C)(C)c1nc(C(C)(C)NC(=O)CC23CC4CC(CC(Br)(C4)C2)C3)no1. The lowest BCUT2D eigenvalue weighted by Gasteiger charge is -2.60. The minimum Gasteiger partial charge on any atom is -0.344 e. The molecule has 1 aromatic heterocycles. The van der Waals surface area contributed by atoms with Gasteiger partial charge in [0.1, 0.15) is 0 Å². The van der Waals surface area contributed by atoms with E-state index in [4.69, 9.17) is 4.52 Å². The standard InChI is InChI=1S/C21H32BrN3O2/c1-18(2,3)17-23-16(25-27-17)19(4,5)24-15(26)11-20-7-13-6-14(8-20)10-21(22,9-13)12-20/h13-14H,6-12H2,1-5H3,(H,24,26). The van der Waals surface area contributed by atoms with Gasteiger partial charge < -0.3 is 9.84 Å². The third kappa shape index (κ3) is 3.70. The maximum absolute atomic E-state index is 13.0. The molecule has 4 saturated carbocycles. The number of halogens is 1. The van der Waals surface area contributed by atoms with Crippen LogP contribution in [0.25, 0.3) is 0 Å². The predicted molar refractivity (Wildman–Crippen MR) is 108 cm³/mol. The summed E-state index contributed by atoms with van der Waals surface area (Å²) < 4.78 is 5.71. The van der Waals surface area contributed by atoms with Crippen molar-refractivity contribution in [2.75, 3.05) is 0 Å². The van der Waals surface area contributed by atoms with E-state index in [2.05, 4.69) is 31.4 Å². The number of hydrogen-bond acceptors (Lipinski definition) is 4. The number of carbonyl (C=O) groups is 1. The van der Waals surface area contributed by atoms with E-state index < -0.39 is 5.54 Å². The molecule has 2 atom stereocenters. The Morgan fingerprint density at radius 2 is 1.81 bits per heavy atom. The highest BCUT2D eigenvalue weighted by molar-refractivity contribution is 9.10. The first kappa shape index (κ1) is 19.4. The predicted octanol–water partition coefficient (Wildman–Crippen LogP) is 4.84. The molecular formula is C21H32BrN3O2. The smallest absolute Gasteiger partial charge is 0.232 e. The minimum absolute atomic E-state index is 0.111. The Labute approximate surface area is 170 Å². The monoisotopic (exact) mass is 437 g/mol. The van der Waals surface area contributed by atoms with Crippen molar-refractivity contribution in [2.45, 2.75) is 94.8 Å². The molecule has 0 radical (unpaired) electrons. The summed E-state index contributed by atoms with van der Waals surface area (Å²) in [5.41, 5.74) is -0.672. The second kappa shape index (κ2) is 6.04. The topological polar surface area (TPSA) is 68.0 Å². The van der Waals surface area contributed by atoms with E-state index in [0.29, 0.717) is 18.1 Å². The van der Waals surface area contributed by atoms with Crippen LogP contribution in [-0.4, -0.2) is 20.4 Å². The van der Waals surface area contributed by atoms with Gasteiger partial charge in [0.05, 0.1) is 5.54 Å². The van der Waals surface area contributed by atoms with Crippen LogP contribution in [-0.2, 0) is 15.7 Å². The van der Waals surface area contributed by atoms with Crippen LogP contribution in [0.15, 0.2) is 4.52 Å². The molecule has 0 aliphatic heterocycles. The summed E-state index contributed by atoms with van der Waals surface area (Å²) in [5, 5.41) is 7.32. The van der Waals surface area contributed by atoms with Crippen molar-refractivity contribution in [2.24, 2.45) is 17.3 Å². The molecule has 0 aromatic carbocycles. The van der Waals surface area contributed by atoms with Gasteiger partial charge in [0, 0.05) is 16.2 Å². The second-order valence-electron chi connectivity index (χ2n) is 11.1. The molecule has 1 amide bonds. The van der Waals surface area contributed by atoms with Gasteiger partial charge in [-0.15, -0.1) is 0 Å². The molecule has 1 heterocycles. The Balaban J connectivity index is 1.45. The van der Waals surface area contributed by atoms with E-state index in [0.717, 1.165) is 18.3 Å². The van der Waals surface area contributed by atoms with Gasteiger partial charge in [-0.3, -0.25) is 4.79 Å². The summed E-state index contributed by atoms with van der Waals surface area (Å²) in [5.74, 6) is 2.83. The van der Waals surface area contributed by atoms with Gasteiger partial charge in [-0.05, 0) is 69.6 Å². The highest BCUT2D eigenvalue weighted by Crippen LogP contribution is 2.65. The van der Waals surface area contributed by atoms with Crippen molar-refractivity contribution >= 4 is 21.8 Å². The average Bonchev–Trinajstić information content (AvgIpc) is 2.93. The van der Waals surface area contributed by atoms with Gasteiger partial charge in [-0.25, -0.2) is 0 Å². The number of amides is 1. The van der Waals surface area contributed by atoms with E-state index in [1.54, 1.807) is 0 Å². The highest BCUT2D eigenvalue weighted by atomic mass is 79.9. The van der Waals surface area contributed by atoms with Crippen LogP contribution >= 0.6 is 15.9 Å². The van der Waals surface area contributed by atoms with Gasteiger partial charge in [-0.2, -0.15) is 4.98 Å². The quantitative estimate of drug-likeness (QED) is 0.683. The fourth-order valence-corrected chi connectivity index (χ4v) is 7.62. The molecule has 4 bridgehead atoms. The third-order valence-electron chi connectivity index (χ3n) is 6.72. The molecule has 1 aromatic rings. The fraction of sp³-hybridized carbons (Fsp3) is 0.857. The number of nitrogens with one attached hydrogen (secondary N) is 1. The van der Waals surface area contributed by atoms with Crippen molar-refractivity contribution in [1.29, 1.82) is 0 Å². The molecule has 27 heavy (non-hydrogen) atoms. The zero-order valence-corrected chi connectivity index (χ0v) is 18.8. The van der Waals surface area contributed by atoms with Crippen LogP contribution in [0.1, 0.15) is 91.3 Å². The Kier molecular flexibility index (Phi) is 4.34. The normalized spacial score (nSPS) is 35.5. The first-order valence-corrected chi connectivity index (χ1v) is 11.0. The lowest BCUT2D eigenvalue weighted by atomic mass is 9.48. The molecule has 4 fully saturated rings. The summed E-state index contributed by atoms with van der Waals surface area (Å²) in [6.45, 7) is 10.0. The van der Waals surface area contributed by atoms with Gasteiger partial charge >= 0.3 is 0 Å². The van der Waals surface area contributed by atoms with Crippen molar-refractivity contribution in [1.82, 2.24) is 15.5 Å². The van der Waals surface area contributed by atoms with Gasteiger partial charge in [0.15, 0.2) is 5.82 Å². The van der Waals surface area contributed by atoms with Crippen molar-refractivity contribution in [3.63, 3.8) is 0 Å². The molecule has 4 aliphatic rings. The first-order chi connectivity index (χ1) is 12.4. The lowest BCUT2D eigenvalue weighted by Crippen LogP contribution is -2.54. The number of nitrogens with zero attached hydrogens (tertiary/aromatic N) is 2. The van der Waals surface area contributed by atoms with Gasteiger partial charge in [0.25, 0.3) is 0 Å².